The van der Waals surface area contributed by atoms with E-state index >= 15 is 0 Å². The van der Waals surface area contributed by atoms with Gasteiger partial charge in [0.05, 0.1) is 18.4 Å². The van der Waals surface area contributed by atoms with Gasteiger partial charge in [0.2, 0.25) is 5.91 Å². The molecule has 4 nitrogen and oxygen atoms in total. The van der Waals surface area contributed by atoms with Crippen molar-refractivity contribution in [2.75, 3.05) is 0 Å². The van der Waals surface area contributed by atoms with Gasteiger partial charge in [-0.25, -0.2) is 0 Å². The Morgan fingerprint density at radius 3 is 2.52 bits per heavy atom. The lowest BCUT2D eigenvalue weighted by Gasteiger charge is -2.23. The number of fused-ring (bicyclic) bond motifs is 2. The molecule has 2 N–H and O–H groups in total. The third-order valence-electron chi connectivity index (χ3n) is 4.55. The molecule has 1 fully saturated rings. The minimum Gasteiger partial charge on any atom is -0.481 e. The quantitative estimate of drug-likeness (QED) is 0.821. The number of rotatable bonds is 5. The molecular formula is C16H19NO3S. The van der Waals surface area contributed by atoms with Crippen LogP contribution in [0.4, 0.5) is 0 Å². The van der Waals surface area contributed by atoms with E-state index in [1.807, 2.05) is 18.2 Å². The minimum atomic E-state index is -0.851. The Hall–Kier alpha value is -1.62. The fourth-order valence-corrected chi connectivity index (χ4v) is 4.41. The first kappa shape index (κ1) is 14.3. The molecule has 1 saturated carbocycles. The van der Waals surface area contributed by atoms with Crippen molar-refractivity contribution in [1.29, 1.82) is 0 Å². The van der Waals surface area contributed by atoms with Gasteiger partial charge < -0.3 is 10.4 Å². The molecule has 1 amide bonds. The van der Waals surface area contributed by atoms with Gasteiger partial charge in [0.15, 0.2) is 0 Å². The number of hydrogen-bond donors (Lipinski definition) is 2. The van der Waals surface area contributed by atoms with E-state index in [1.165, 1.54) is 4.88 Å². The zero-order valence-electron chi connectivity index (χ0n) is 11.9. The number of carboxylic acid groups (broad SMARTS) is 1. The molecular weight excluding hydrogens is 286 g/mol. The maximum Gasteiger partial charge on any atom is 0.307 e. The highest BCUT2D eigenvalue weighted by molar-refractivity contribution is 7.11. The van der Waals surface area contributed by atoms with Crippen LogP contribution in [0.3, 0.4) is 0 Å². The number of carbonyl (C=O) groups is 2. The fourth-order valence-electron chi connectivity index (χ4n) is 3.52. The van der Waals surface area contributed by atoms with E-state index in [9.17, 15) is 14.7 Å². The van der Waals surface area contributed by atoms with E-state index in [4.69, 9.17) is 0 Å². The highest BCUT2D eigenvalue weighted by Crippen LogP contribution is 2.48. The van der Waals surface area contributed by atoms with Crippen LogP contribution in [-0.4, -0.2) is 17.0 Å². The van der Waals surface area contributed by atoms with Crippen LogP contribution in [-0.2, 0) is 22.6 Å². The molecule has 2 aliphatic rings. The lowest BCUT2D eigenvalue weighted by molar-refractivity contribution is -0.147. The third kappa shape index (κ3) is 2.62. The van der Waals surface area contributed by atoms with Crippen molar-refractivity contribution in [2.45, 2.75) is 26.3 Å². The number of allylic oxidation sites excluding steroid dienone is 2. The van der Waals surface area contributed by atoms with Gasteiger partial charge in [0.25, 0.3) is 0 Å². The van der Waals surface area contributed by atoms with Crippen LogP contribution in [0.5, 0.6) is 0 Å². The molecule has 21 heavy (non-hydrogen) atoms. The topological polar surface area (TPSA) is 66.4 Å². The van der Waals surface area contributed by atoms with Gasteiger partial charge >= 0.3 is 5.97 Å². The SMILES string of the molecule is CCc1ccc(CNC(=O)[C@H]2C3C=CC(C3)[C@H]2C(=O)O)s1. The second kappa shape index (κ2) is 5.64. The van der Waals surface area contributed by atoms with Crippen LogP contribution < -0.4 is 5.32 Å². The molecule has 2 unspecified atom stereocenters. The van der Waals surface area contributed by atoms with Gasteiger partial charge in [-0.15, -0.1) is 11.3 Å². The van der Waals surface area contributed by atoms with Crippen LogP contribution in [0.2, 0.25) is 0 Å². The smallest absolute Gasteiger partial charge is 0.307 e. The van der Waals surface area contributed by atoms with Crippen LogP contribution >= 0.6 is 11.3 Å². The number of amides is 1. The summed E-state index contributed by atoms with van der Waals surface area (Å²) >= 11 is 1.69. The molecule has 1 aromatic heterocycles. The van der Waals surface area contributed by atoms with Crippen LogP contribution in [0, 0.1) is 23.7 Å². The number of carbonyl (C=O) groups excluding carboxylic acids is 1. The van der Waals surface area contributed by atoms with Crippen molar-refractivity contribution in [3.63, 3.8) is 0 Å². The van der Waals surface area contributed by atoms with Gasteiger partial charge in [-0.1, -0.05) is 19.1 Å². The number of aryl methyl sites for hydroxylation is 1. The molecule has 3 rings (SSSR count). The summed E-state index contributed by atoms with van der Waals surface area (Å²) in [5.74, 6) is -1.83. The maximum absolute atomic E-state index is 12.4. The first-order valence-electron chi connectivity index (χ1n) is 7.36. The molecule has 2 bridgehead atoms. The lowest BCUT2D eigenvalue weighted by Crippen LogP contribution is -2.39. The number of nitrogens with one attached hydrogen (secondary N) is 1. The lowest BCUT2D eigenvalue weighted by atomic mass is 9.82. The Labute approximate surface area is 127 Å². The van der Waals surface area contributed by atoms with Gasteiger partial charge in [-0.05, 0) is 36.8 Å². The summed E-state index contributed by atoms with van der Waals surface area (Å²) < 4.78 is 0. The van der Waals surface area contributed by atoms with Gasteiger partial charge in [0.1, 0.15) is 0 Å². The third-order valence-corrected chi connectivity index (χ3v) is 5.78. The predicted octanol–water partition coefficient (Wildman–Crippen LogP) is 2.45. The summed E-state index contributed by atoms with van der Waals surface area (Å²) in [5, 5.41) is 12.3. The van der Waals surface area contributed by atoms with E-state index in [2.05, 4.69) is 18.3 Å². The number of thiophene rings is 1. The summed E-state index contributed by atoms with van der Waals surface area (Å²) in [4.78, 5) is 26.2. The zero-order chi connectivity index (χ0) is 15.0. The normalized spacial score (nSPS) is 29.8. The largest absolute Gasteiger partial charge is 0.481 e. The van der Waals surface area contributed by atoms with Crippen molar-refractivity contribution < 1.29 is 14.7 Å². The van der Waals surface area contributed by atoms with Crippen molar-refractivity contribution in [3.05, 3.63) is 34.0 Å². The number of hydrogen-bond acceptors (Lipinski definition) is 3. The van der Waals surface area contributed by atoms with Gasteiger partial charge in [0, 0.05) is 9.75 Å². The van der Waals surface area contributed by atoms with E-state index < -0.39 is 17.8 Å². The van der Waals surface area contributed by atoms with E-state index in [0.717, 1.165) is 17.7 Å². The molecule has 112 valence electrons. The predicted molar refractivity (Wildman–Crippen MR) is 80.9 cm³/mol. The Morgan fingerprint density at radius 1 is 1.24 bits per heavy atom. The highest BCUT2D eigenvalue weighted by Gasteiger charge is 2.51. The molecule has 4 atom stereocenters. The monoisotopic (exact) mass is 305 g/mol. The Bertz CT molecular complexity index is 592. The molecule has 0 saturated heterocycles. The average molecular weight is 305 g/mol. The minimum absolute atomic E-state index is 0.0247. The Morgan fingerprint density at radius 2 is 1.90 bits per heavy atom. The second-order valence-corrected chi connectivity index (χ2v) is 7.03. The first-order chi connectivity index (χ1) is 10.1. The summed E-state index contributed by atoms with van der Waals surface area (Å²) in [6.45, 7) is 2.60. The molecule has 1 aromatic rings. The molecule has 0 radical (unpaired) electrons. The van der Waals surface area contributed by atoms with Gasteiger partial charge in [-0.3, -0.25) is 9.59 Å². The van der Waals surface area contributed by atoms with E-state index in [0.29, 0.717) is 6.54 Å². The molecule has 0 aliphatic heterocycles. The molecule has 2 aliphatic carbocycles. The summed E-state index contributed by atoms with van der Waals surface area (Å²) in [6, 6.07) is 4.10. The summed E-state index contributed by atoms with van der Waals surface area (Å²) in [7, 11) is 0. The standard InChI is InChI=1S/C16H19NO3S/c1-2-11-5-6-12(21-11)8-17-15(18)13-9-3-4-10(7-9)14(13)16(19)20/h3-6,9-10,13-14H,2,7-8H2,1H3,(H,17,18)(H,19,20)/t9?,10?,13-,14+/m0/s1. The Balaban J connectivity index is 1.65. The van der Waals surface area contributed by atoms with Crippen molar-refractivity contribution in [3.8, 4) is 0 Å². The average Bonchev–Trinajstić information content (AvgIpc) is 3.18. The molecule has 1 heterocycles. The number of carboxylic acids is 1. The van der Waals surface area contributed by atoms with Crippen molar-refractivity contribution in [2.24, 2.45) is 23.7 Å². The van der Waals surface area contributed by atoms with E-state index in [1.54, 1.807) is 11.3 Å². The summed E-state index contributed by atoms with van der Waals surface area (Å²) in [5.41, 5.74) is 0. The van der Waals surface area contributed by atoms with Crippen LogP contribution in [0.25, 0.3) is 0 Å². The Kier molecular flexibility index (Phi) is 3.85. The molecule has 0 spiro atoms. The highest BCUT2D eigenvalue weighted by atomic mass is 32.1. The molecule has 0 aromatic carbocycles. The van der Waals surface area contributed by atoms with Crippen molar-refractivity contribution in [1.82, 2.24) is 5.32 Å². The van der Waals surface area contributed by atoms with E-state index in [-0.39, 0.29) is 17.7 Å². The number of aliphatic carboxylic acids is 1. The fraction of sp³-hybridized carbons (Fsp3) is 0.500. The zero-order valence-corrected chi connectivity index (χ0v) is 12.7. The first-order valence-corrected chi connectivity index (χ1v) is 8.18. The molecule has 5 heteroatoms. The summed E-state index contributed by atoms with van der Waals surface area (Å²) in [6.07, 6.45) is 5.76. The second-order valence-electron chi connectivity index (χ2n) is 5.78. The van der Waals surface area contributed by atoms with Gasteiger partial charge in [-0.2, -0.15) is 0 Å². The van der Waals surface area contributed by atoms with Crippen molar-refractivity contribution >= 4 is 23.2 Å². The van der Waals surface area contributed by atoms with Crippen LogP contribution in [0.15, 0.2) is 24.3 Å². The van der Waals surface area contributed by atoms with Crippen LogP contribution in [0.1, 0.15) is 23.1 Å². The maximum atomic E-state index is 12.4.